The first kappa shape index (κ1) is 16.1. The molecule has 0 saturated carbocycles. The number of rotatable bonds is 10. The molecule has 108 valence electrons. The molecule has 0 aliphatic heterocycles. The smallest absolute Gasteiger partial charge is 0.128 e. The lowest BCUT2D eigenvalue weighted by atomic mass is 10.1. The summed E-state index contributed by atoms with van der Waals surface area (Å²) in [6, 6.07) is 4.97. The van der Waals surface area contributed by atoms with Crippen LogP contribution in [-0.4, -0.2) is 6.61 Å². The van der Waals surface area contributed by atoms with Gasteiger partial charge in [0.2, 0.25) is 0 Å². The molecule has 0 unspecified atom stereocenters. The van der Waals surface area contributed by atoms with Crippen molar-refractivity contribution in [1.82, 2.24) is 0 Å². The third kappa shape index (κ3) is 6.69. The van der Waals surface area contributed by atoms with Crippen LogP contribution < -0.4 is 5.73 Å². The van der Waals surface area contributed by atoms with Crippen LogP contribution in [0.2, 0.25) is 0 Å². The largest absolute Gasteiger partial charge is 0.377 e. The summed E-state index contributed by atoms with van der Waals surface area (Å²) >= 11 is 0. The quantitative estimate of drug-likeness (QED) is 0.646. The fraction of sp³-hybridized carbons (Fsp3) is 0.625. The zero-order valence-corrected chi connectivity index (χ0v) is 12.0. The van der Waals surface area contributed by atoms with Gasteiger partial charge in [-0.15, -0.1) is 0 Å². The number of nitrogens with two attached hydrogens (primary N) is 1. The van der Waals surface area contributed by atoms with E-state index in [-0.39, 0.29) is 5.82 Å². The Kier molecular flexibility index (Phi) is 8.43. The van der Waals surface area contributed by atoms with Gasteiger partial charge in [-0.25, -0.2) is 4.39 Å². The van der Waals surface area contributed by atoms with Crippen molar-refractivity contribution in [2.24, 2.45) is 5.73 Å². The zero-order valence-electron chi connectivity index (χ0n) is 12.0. The molecule has 0 fully saturated rings. The summed E-state index contributed by atoms with van der Waals surface area (Å²) < 4.78 is 19.0. The molecule has 0 aliphatic rings. The average molecular weight is 267 g/mol. The molecule has 1 rings (SSSR count). The number of hydrogen-bond acceptors (Lipinski definition) is 2. The Morgan fingerprint density at radius 1 is 1.11 bits per heavy atom. The van der Waals surface area contributed by atoms with Crippen LogP contribution in [-0.2, 0) is 17.9 Å². The lowest BCUT2D eigenvalue weighted by Gasteiger charge is -2.07. The van der Waals surface area contributed by atoms with Crippen LogP contribution in [0.1, 0.15) is 56.6 Å². The first-order chi connectivity index (χ1) is 9.27. The second-order valence-corrected chi connectivity index (χ2v) is 4.95. The summed E-state index contributed by atoms with van der Waals surface area (Å²) in [5.74, 6) is -0.208. The molecule has 0 atom stereocenters. The predicted molar refractivity (Wildman–Crippen MR) is 77.3 cm³/mol. The highest BCUT2D eigenvalue weighted by Crippen LogP contribution is 2.12. The van der Waals surface area contributed by atoms with Crippen LogP contribution >= 0.6 is 0 Å². The predicted octanol–water partition coefficient (Wildman–Crippen LogP) is 4.16. The van der Waals surface area contributed by atoms with E-state index >= 15 is 0 Å². The summed E-state index contributed by atoms with van der Waals surface area (Å²) in [6.45, 7) is 3.70. The van der Waals surface area contributed by atoms with Crippen molar-refractivity contribution < 1.29 is 9.13 Å². The first-order valence-corrected chi connectivity index (χ1v) is 7.33. The van der Waals surface area contributed by atoms with E-state index in [1.807, 2.05) is 0 Å². The molecule has 0 radical (unpaired) electrons. The van der Waals surface area contributed by atoms with Crippen molar-refractivity contribution in [3.63, 3.8) is 0 Å². The summed E-state index contributed by atoms with van der Waals surface area (Å²) in [5.41, 5.74) is 7.09. The number of unbranched alkanes of at least 4 members (excludes halogenated alkanes) is 5. The molecule has 0 amide bonds. The molecule has 0 aromatic heterocycles. The van der Waals surface area contributed by atoms with E-state index < -0.39 is 0 Å². The van der Waals surface area contributed by atoms with E-state index in [9.17, 15) is 4.39 Å². The molecule has 0 bridgehead atoms. The van der Waals surface area contributed by atoms with Gasteiger partial charge in [-0.3, -0.25) is 0 Å². The van der Waals surface area contributed by atoms with Crippen molar-refractivity contribution in [3.05, 3.63) is 35.1 Å². The van der Waals surface area contributed by atoms with Gasteiger partial charge in [-0.05, 0) is 24.1 Å². The Hall–Kier alpha value is -0.930. The highest BCUT2D eigenvalue weighted by Gasteiger charge is 2.03. The molecule has 19 heavy (non-hydrogen) atoms. The van der Waals surface area contributed by atoms with E-state index in [0.717, 1.165) is 12.0 Å². The molecule has 3 heteroatoms. The summed E-state index contributed by atoms with van der Waals surface area (Å²) in [5, 5.41) is 0. The van der Waals surface area contributed by atoms with Gasteiger partial charge < -0.3 is 10.5 Å². The van der Waals surface area contributed by atoms with Crippen LogP contribution in [0.15, 0.2) is 18.2 Å². The zero-order chi connectivity index (χ0) is 13.9. The van der Waals surface area contributed by atoms with Crippen molar-refractivity contribution in [3.8, 4) is 0 Å². The minimum atomic E-state index is -0.208. The lowest BCUT2D eigenvalue weighted by molar-refractivity contribution is 0.114. The maximum atomic E-state index is 13.5. The summed E-state index contributed by atoms with van der Waals surface area (Å²) in [4.78, 5) is 0. The molecule has 0 heterocycles. The van der Waals surface area contributed by atoms with Gasteiger partial charge in [0.15, 0.2) is 0 Å². The van der Waals surface area contributed by atoms with Gasteiger partial charge in [0, 0.05) is 18.7 Å². The SMILES string of the molecule is CCCCCCCCOCc1cc(CN)ccc1F. The van der Waals surface area contributed by atoms with Crippen LogP contribution in [0, 0.1) is 5.82 Å². The molecule has 1 aromatic rings. The molecular formula is C16H26FNO. The van der Waals surface area contributed by atoms with Crippen LogP contribution in [0.4, 0.5) is 4.39 Å². The van der Waals surface area contributed by atoms with E-state index in [0.29, 0.717) is 25.3 Å². The number of ether oxygens (including phenoxy) is 1. The van der Waals surface area contributed by atoms with Crippen molar-refractivity contribution in [2.75, 3.05) is 6.61 Å². The number of hydrogen-bond donors (Lipinski definition) is 1. The minimum absolute atomic E-state index is 0.208. The highest BCUT2D eigenvalue weighted by molar-refractivity contribution is 5.24. The van der Waals surface area contributed by atoms with Gasteiger partial charge in [0.1, 0.15) is 5.82 Å². The second-order valence-electron chi connectivity index (χ2n) is 4.95. The van der Waals surface area contributed by atoms with E-state index in [1.165, 1.54) is 38.2 Å². The molecule has 0 saturated heterocycles. The Morgan fingerprint density at radius 2 is 1.84 bits per heavy atom. The fourth-order valence-electron chi connectivity index (χ4n) is 2.03. The van der Waals surface area contributed by atoms with Crippen LogP contribution in [0.25, 0.3) is 0 Å². The normalized spacial score (nSPS) is 10.9. The highest BCUT2D eigenvalue weighted by atomic mass is 19.1. The molecular weight excluding hydrogens is 241 g/mol. The van der Waals surface area contributed by atoms with E-state index in [1.54, 1.807) is 12.1 Å². The summed E-state index contributed by atoms with van der Waals surface area (Å²) in [6.07, 6.45) is 7.43. The standard InChI is InChI=1S/C16H26FNO/c1-2-3-4-5-6-7-10-19-13-15-11-14(12-18)8-9-16(15)17/h8-9,11H,2-7,10,12-13,18H2,1H3. The Labute approximate surface area is 116 Å². The first-order valence-electron chi connectivity index (χ1n) is 7.33. The molecule has 1 aromatic carbocycles. The van der Waals surface area contributed by atoms with E-state index in [4.69, 9.17) is 10.5 Å². The average Bonchev–Trinajstić information content (AvgIpc) is 2.43. The fourth-order valence-corrected chi connectivity index (χ4v) is 2.03. The third-order valence-electron chi connectivity index (χ3n) is 3.25. The monoisotopic (exact) mass is 267 g/mol. The van der Waals surface area contributed by atoms with Crippen molar-refractivity contribution in [2.45, 2.75) is 58.6 Å². The lowest BCUT2D eigenvalue weighted by Crippen LogP contribution is -2.02. The van der Waals surface area contributed by atoms with Gasteiger partial charge in [0.25, 0.3) is 0 Å². The third-order valence-corrected chi connectivity index (χ3v) is 3.25. The van der Waals surface area contributed by atoms with E-state index in [2.05, 4.69) is 6.92 Å². The maximum Gasteiger partial charge on any atom is 0.128 e. The molecule has 0 spiro atoms. The molecule has 0 aliphatic carbocycles. The molecule has 2 nitrogen and oxygen atoms in total. The van der Waals surface area contributed by atoms with Gasteiger partial charge >= 0.3 is 0 Å². The van der Waals surface area contributed by atoms with Crippen LogP contribution in [0.3, 0.4) is 0 Å². The number of benzene rings is 1. The minimum Gasteiger partial charge on any atom is -0.377 e. The van der Waals surface area contributed by atoms with Gasteiger partial charge in [-0.2, -0.15) is 0 Å². The maximum absolute atomic E-state index is 13.5. The Balaban J connectivity index is 2.15. The molecule has 2 N–H and O–H groups in total. The van der Waals surface area contributed by atoms with Gasteiger partial charge in [-0.1, -0.05) is 45.1 Å². The topological polar surface area (TPSA) is 35.2 Å². The Morgan fingerprint density at radius 3 is 2.58 bits per heavy atom. The van der Waals surface area contributed by atoms with Crippen molar-refractivity contribution >= 4 is 0 Å². The Bertz CT molecular complexity index is 355. The van der Waals surface area contributed by atoms with Gasteiger partial charge in [0.05, 0.1) is 6.61 Å². The summed E-state index contributed by atoms with van der Waals surface area (Å²) in [7, 11) is 0. The van der Waals surface area contributed by atoms with Crippen LogP contribution in [0.5, 0.6) is 0 Å². The van der Waals surface area contributed by atoms with Crippen molar-refractivity contribution in [1.29, 1.82) is 0 Å². The number of halogens is 1. The second kappa shape index (κ2) is 9.93.